The number of nitrogens with one attached hydrogen (secondary N) is 2. The van der Waals surface area contributed by atoms with Crippen molar-refractivity contribution in [3.63, 3.8) is 0 Å². The van der Waals surface area contributed by atoms with Gasteiger partial charge in [0.25, 0.3) is 0 Å². The lowest BCUT2D eigenvalue weighted by Gasteiger charge is -2.25. The molecule has 4 heteroatoms. The minimum absolute atomic E-state index is 0.0306. The number of rotatable bonds is 5. The third-order valence-corrected chi connectivity index (χ3v) is 4.99. The molecule has 24 heavy (non-hydrogen) atoms. The predicted molar refractivity (Wildman–Crippen MR) is 98.8 cm³/mol. The quantitative estimate of drug-likeness (QED) is 0.812. The molecule has 0 saturated heterocycles. The molecule has 2 N–H and O–H groups in total. The zero-order valence-corrected chi connectivity index (χ0v) is 15.7. The molecule has 134 valence electrons. The maximum atomic E-state index is 12.3. The molecule has 0 spiro atoms. The van der Waals surface area contributed by atoms with Gasteiger partial charge in [-0.25, -0.2) is 4.79 Å². The van der Waals surface area contributed by atoms with Crippen molar-refractivity contribution in [2.24, 2.45) is 0 Å². The molecule has 0 aliphatic heterocycles. The monoisotopic (exact) mass is 332 g/mol. The fourth-order valence-electron chi connectivity index (χ4n) is 3.56. The van der Waals surface area contributed by atoms with Gasteiger partial charge in [0.2, 0.25) is 0 Å². The van der Waals surface area contributed by atoms with Crippen LogP contribution < -0.4 is 15.4 Å². The summed E-state index contributed by atoms with van der Waals surface area (Å²) in [6.07, 6.45) is 5.92. The largest absolute Gasteiger partial charge is 0.496 e. The molecular formula is C20H32N2O2. The van der Waals surface area contributed by atoms with E-state index in [0.29, 0.717) is 12.0 Å². The molecule has 1 atom stereocenters. The first kappa shape index (κ1) is 18.6. The average Bonchev–Trinajstić information content (AvgIpc) is 2.54. The molecule has 1 aliphatic rings. The maximum Gasteiger partial charge on any atom is 0.315 e. The number of methoxy groups -OCH3 is 1. The van der Waals surface area contributed by atoms with Gasteiger partial charge in [-0.3, -0.25) is 0 Å². The second-order valence-corrected chi connectivity index (χ2v) is 7.28. The molecule has 2 rings (SSSR count). The van der Waals surface area contributed by atoms with Gasteiger partial charge in [-0.1, -0.05) is 33.1 Å². The van der Waals surface area contributed by atoms with Crippen molar-refractivity contribution in [3.8, 4) is 5.75 Å². The number of ether oxygens (including phenoxy) is 1. The number of benzene rings is 1. The Bertz CT molecular complexity index is 563. The van der Waals surface area contributed by atoms with Crippen LogP contribution in [0.2, 0.25) is 0 Å². The molecule has 1 fully saturated rings. The standard InChI is InChI=1S/C20H32N2O2/c1-13(2)17-12-18(14(3)11-19(17)24-5)15(4)21-20(23)22-16-9-7-6-8-10-16/h11-13,15-16H,6-10H2,1-5H3,(H2,21,22,23)/t15-/m0/s1. The van der Waals surface area contributed by atoms with Crippen LogP contribution >= 0.6 is 0 Å². The Balaban J connectivity index is 2.06. The summed E-state index contributed by atoms with van der Waals surface area (Å²) < 4.78 is 5.50. The molecule has 1 aromatic carbocycles. The van der Waals surface area contributed by atoms with E-state index in [4.69, 9.17) is 4.74 Å². The van der Waals surface area contributed by atoms with Crippen LogP contribution in [-0.2, 0) is 0 Å². The van der Waals surface area contributed by atoms with E-state index >= 15 is 0 Å². The first-order valence-corrected chi connectivity index (χ1v) is 9.17. The van der Waals surface area contributed by atoms with Gasteiger partial charge in [-0.2, -0.15) is 0 Å². The van der Waals surface area contributed by atoms with Crippen LogP contribution in [0, 0.1) is 6.92 Å². The molecule has 1 saturated carbocycles. The Kier molecular flexibility index (Phi) is 6.52. The Morgan fingerprint density at radius 2 is 1.79 bits per heavy atom. The fourth-order valence-corrected chi connectivity index (χ4v) is 3.56. The summed E-state index contributed by atoms with van der Waals surface area (Å²) >= 11 is 0. The Hall–Kier alpha value is -1.71. The number of amides is 2. The van der Waals surface area contributed by atoms with Crippen LogP contribution in [0.1, 0.15) is 81.5 Å². The molecule has 0 heterocycles. The van der Waals surface area contributed by atoms with Crippen LogP contribution in [0.4, 0.5) is 4.79 Å². The van der Waals surface area contributed by atoms with Gasteiger partial charge >= 0.3 is 6.03 Å². The second-order valence-electron chi connectivity index (χ2n) is 7.28. The minimum Gasteiger partial charge on any atom is -0.496 e. The van der Waals surface area contributed by atoms with Crippen LogP contribution in [0.25, 0.3) is 0 Å². The van der Waals surface area contributed by atoms with Crippen molar-refractivity contribution >= 4 is 6.03 Å². The first-order valence-electron chi connectivity index (χ1n) is 9.17. The highest BCUT2D eigenvalue weighted by atomic mass is 16.5. The number of hydrogen-bond donors (Lipinski definition) is 2. The maximum absolute atomic E-state index is 12.3. The van der Waals surface area contributed by atoms with Crippen LogP contribution in [0.3, 0.4) is 0 Å². The summed E-state index contributed by atoms with van der Waals surface area (Å²) in [6.45, 7) is 8.42. The predicted octanol–water partition coefficient (Wildman–Crippen LogP) is 4.82. The molecular weight excluding hydrogens is 300 g/mol. The number of carbonyl (C=O) groups excluding carboxylic acids is 1. The third-order valence-electron chi connectivity index (χ3n) is 4.99. The van der Waals surface area contributed by atoms with Gasteiger partial charge < -0.3 is 15.4 Å². The summed E-state index contributed by atoms with van der Waals surface area (Å²) in [4.78, 5) is 12.3. The summed E-state index contributed by atoms with van der Waals surface area (Å²) in [5, 5.41) is 6.22. The molecule has 0 unspecified atom stereocenters. The Labute approximate surface area is 146 Å². The van der Waals surface area contributed by atoms with Crippen molar-refractivity contribution in [1.82, 2.24) is 10.6 Å². The van der Waals surface area contributed by atoms with Gasteiger partial charge in [0.1, 0.15) is 5.75 Å². The van der Waals surface area contributed by atoms with E-state index in [-0.39, 0.29) is 12.1 Å². The average molecular weight is 332 g/mol. The minimum atomic E-state index is -0.0595. The summed E-state index contributed by atoms with van der Waals surface area (Å²) in [5.41, 5.74) is 3.47. The third kappa shape index (κ3) is 4.65. The van der Waals surface area contributed by atoms with Gasteiger partial charge in [0, 0.05) is 6.04 Å². The Morgan fingerprint density at radius 3 is 2.38 bits per heavy atom. The molecule has 0 radical (unpaired) electrons. The second kappa shape index (κ2) is 8.41. The topological polar surface area (TPSA) is 50.4 Å². The van der Waals surface area contributed by atoms with E-state index in [2.05, 4.69) is 43.5 Å². The van der Waals surface area contributed by atoms with Crippen molar-refractivity contribution in [3.05, 3.63) is 28.8 Å². The normalized spacial score (nSPS) is 16.8. The highest BCUT2D eigenvalue weighted by molar-refractivity contribution is 5.74. The van der Waals surface area contributed by atoms with Gasteiger partial charge in [0.15, 0.2) is 0 Å². The van der Waals surface area contributed by atoms with Gasteiger partial charge in [-0.15, -0.1) is 0 Å². The van der Waals surface area contributed by atoms with Gasteiger partial charge in [0.05, 0.1) is 13.2 Å². The first-order chi connectivity index (χ1) is 11.4. The highest BCUT2D eigenvalue weighted by Crippen LogP contribution is 2.32. The van der Waals surface area contributed by atoms with Crippen molar-refractivity contribution < 1.29 is 9.53 Å². The van der Waals surface area contributed by atoms with Crippen molar-refractivity contribution in [1.29, 1.82) is 0 Å². The lowest BCUT2D eigenvalue weighted by Crippen LogP contribution is -2.43. The summed E-state index contributed by atoms with van der Waals surface area (Å²) in [6, 6.07) is 4.48. The van der Waals surface area contributed by atoms with Crippen molar-refractivity contribution in [2.45, 2.75) is 77.8 Å². The zero-order valence-electron chi connectivity index (χ0n) is 15.7. The molecule has 1 aromatic rings. The van der Waals surface area contributed by atoms with E-state index in [9.17, 15) is 4.79 Å². The SMILES string of the molecule is COc1cc(C)c([C@H](C)NC(=O)NC2CCCCC2)cc1C(C)C. The summed E-state index contributed by atoms with van der Waals surface area (Å²) in [5.74, 6) is 1.30. The smallest absolute Gasteiger partial charge is 0.315 e. The van der Waals surface area contributed by atoms with Crippen LogP contribution in [0.5, 0.6) is 5.75 Å². The highest BCUT2D eigenvalue weighted by Gasteiger charge is 2.19. The fraction of sp³-hybridized carbons (Fsp3) is 0.650. The lowest BCUT2D eigenvalue weighted by atomic mass is 9.93. The summed E-state index contributed by atoms with van der Waals surface area (Å²) in [7, 11) is 1.71. The van der Waals surface area contributed by atoms with E-state index in [1.54, 1.807) is 7.11 Å². The molecule has 2 amide bonds. The van der Waals surface area contributed by atoms with E-state index in [0.717, 1.165) is 29.7 Å². The van der Waals surface area contributed by atoms with E-state index in [1.807, 2.05) is 6.92 Å². The number of hydrogen-bond acceptors (Lipinski definition) is 2. The number of urea groups is 1. The lowest BCUT2D eigenvalue weighted by molar-refractivity contribution is 0.229. The van der Waals surface area contributed by atoms with Crippen LogP contribution in [0.15, 0.2) is 12.1 Å². The molecule has 0 bridgehead atoms. The van der Waals surface area contributed by atoms with E-state index < -0.39 is 0 Å². The number of carbonyl (C=O) groups is 1. The molecule has 0 aromatic heterocycles. The number of aryl methyl sites for hydroxylation is 1. The Morgan fingerprint density at radius 1 is 1.12 bits per heavy atom. The van der Waals surface area contributed by atoms with E-state index in [1.165, 1.54) is 24.8 Å². The zero-order chi connectivity index (χ0) is 17.7. The molecule has 4 nitrogen and oxygen atoms in total. The van der Waals surface area contributed by atoms with Crippen molar-refractivity contribution in [2.75, 3.05) is 7.11 Å². The van der Waals surface area contributed by atoms with Gasteiger partial charge in [-0.05, 0) is 61.4 Å². The van der Waals surface area contributed by atoms with Crippen LogP contribution in [-0.4, -0.2) is 19.2 Å². The molecule has 1 aliphatic carbocycles.